The van der Waals surface area contributed by atoms with Crippen LogP contribution in [0.5, 0.6) is 5.75 Å². The minimum atomic E-state index is -0.134. The smallest absolute Gasteiger partial charge is 0.263 e. The minimum absolute atomic E-state index is 0.134. The number of nitrogens with one attached hydrogen (secondary N) is 2. The van der Waals surface area contributed by atoms with Gasteiger partial charge in [-0.3, -0.25) is 4.79 Å². The van der Waals surface area contributed by atoms with Gasteiger partial charge in [-0.25, -0.2) is 4.98 Å². The van der Waals surface area contributed by atoms with Gasteiger partial charge in [0, 0.05) is 22.5 Å². The molecule has 0 saturated carbocycles. The van der Waals surface area contributed by atoms with Gasteiger partial charge in [-0.05, 0) is 35.5 Å². The fourth-order valence-electron chi connectivity index (χ4n) is 3.45. The van der Waals surface area contributed by atoms with Gasteiger partial charge < -0.3 is 14.7 Å². The summed E-state index contributed by atoms with van der Waals surface area (Å²) in [6.45, 7) is 0. The van der Waals surface area contributed by atoms with Crippen molar-refractivity contribution in [3.05, 3.63) is 83.2 Å². The van der Waals surface area contributed by atoms with Gasteiger partial charge in [0.15, 0.2) is 5.16 Å². The van der Waals surface area contributed by atoms with Crippen LogP contribution in [0.15, 0.2) is 87.6 Å². The van der Waals surface area contributed by atoms with Crippen LogP contribution >= 0.6 is 11.8 Å². The van der Waals surface area contributed by atoms with E-state index >= 15 is 0 Å². The molecule has 5 rings (SSSR count). The van der Waals surface area contributed by atoms with Crippen molar-refractivity contribution in [2.75, 3.05) is 7.11 Å². The summed E-state index contributed by atoms with van der Waals surface area (Å²) in [5.74, 6) is 0.756. The van der Waals surface area contributed by atoms with Crippen molar-refractivity contribution in [3.63, 3.8) is 0 Å². The number of hydrogen-bond donors (Lipinski definition) is 2. The van der Waals surface area contributed by atoms with Crippen LogP contribution < -0.4 is 10.3 Å². The van der Waals surface area contributed by atoms with Crippen LogP contribution in [0.2, 0.25) is 0 Å². The molecular weight excluding hydrogens is 382 g/mol. The van der Waals surface area contributed by atoms with Crippen molar-refractivity contribution < 1.29 is 4.74 Å². The van der Waals surface area contributed by atoms with Crippen LogP contribution in [0.25, 0.3) is 33.1 Å². The summed E-state index contributed by atoms with van der Waals surface area (Å²) in [6, 6.07) is 23.5. The first-order valence-corrected chi connectivity index (χ1v) is 9.96. The molecule has 3 aromatic carbocycles. The molecule has 0 fully saturated rings. The standard InChI is InChI=1S/C23H17N3O2S/c1-28-15-11-12-18-19(13-15)26-23(25-18)29-21-20(14-7-3-2-4-8-14)16-9-5-6-10-17(16)24-22(21)27/h2-13H,1H3,(H,24,27)(H,25,26). The molecule has 142 valence electrons. The molecule has 2 aromatic heterocycles. The minimum Gasteiger partial charge on any atom is -0.497 e. The highest BCUT2D eigenvalue weighted by Gasteiger charge is 2.17. The third-order valence-electron chi connectivity index (χ3n) is 4.81. The summed E-state index contributed by atoms with van der Waals surface area (Å²) >= 11 is 1.34. The lowest BCUT2D eigenvalue weighted by atomic mass is 10.0. The first kappa shape index (κ1) is 17.6. The molecule has 0 aliphatic carbocycles. The molecule has 2 heterocycles. The van der Waals surface area contributed by atoms with E-state index in [9.17, 15) is 4.79 Å². The largest absolute Gasteiger partial charge is 0.497 e. The number of rotatable bonds is 4. The fourth-order valence-corrected chi connectivity index (χ4v) is 4.42. The number of imidazole rings is 1. The fraction of sp³-hybridized carbons (Fsp3) is 0.0435. The van der Waals surface area contributed by atoms with Crippen LogP contribution in [-0.2, 0) is 0 Å². The number of aromatic nitrogens is 3. The molecule has 0 atom stereocenters. The second-order valence-electron chi connectivity index (χ2n) is 6.60. The zero-order chi connectivity index (χ0) is 19.8. The maximum atomic E-state index is 13.0. The van der Waals surface area contributed by atoms with E-state index in [1.54, 1.807) is 7.11 Å². The predicted octanol–water partition coefficient (Wildman–Crippen LogP) is 5.23. The molecule has 0 aliphatic rings. The van der Waals surface area contributed by atoms with Crippen molar-refractivity contribution in [1.82, 2.24) is 15.0 Å². The molecule has 0 aliphatic heterocycles. The SMILES string of the molecule is COc1ccc2nc(Sc3c(-c4ccccc4)c4ccccc4[nH]c3=O)[nH]c2c1. The van der Waals surface area contributed by atoms with Crippen molar-refractivity contribution in [2.24, 2.45) is 0 Å². The Hall–Kier alpha value is -3.51. The highest BCUT2D eigenvalue weighted by atomic mass is 32.2. The van der Waals surface area contributed by atoms with E-state index in [4.69, 9.17) is 4.74 Å². The van der Waals surface area contributed by atoms with E-state index < -0.39 is 0 Å². The molecule has 6 heteroatoms. The zero-order valence-corrected chi connectivity index (χ0v) is 16.4. The monoisotopic (exact) mass is 399 g/mol. The molecule has 29 heavy (non-hydrogen) atoms. The number of ether oxygens (including phenoxy) is 1. The summed E-state index contributed by atoms with van der Waals surface area (Å²) in [5, 5.41) is 1.66. The lowest BCUT2D eigenvalue weighted by Crippen LogP contribution is -2.10. The number of fused-ring (bicyclic) bond motifs is 2. The third-order valence-corrected chi connectivity index (χ3v) is 5.79. The quantitative estimate of drug-likeness (QED) is 0.434. The number of H-pyrrole nitrogens is 2. The molecule has 5 aromatic rings. The molecule has 0 amide bonds. The molecule has 0 unspecified atom stereocenters. The van der Waals surface area contributed by atoms with Crippen molar-refractivity contribution in [1.29, 1.82) is 0 Å². The summed E-state index contributed by atoms with van der Waals surface area (Å²) in [7, 11) is 1.63. The lowest BCUT2D eigenvalue weighted by Gasteiger charge is -2.11. The molecule has 0 bridgehead atoms. The predicted molar refractivity (Wildman–Crippen MR) is 117 cm³/mol. The van der Waals surface area contributed by atoms with E-state index in [0.29, 0.717) is 10.1 Å². The van der Waals surface area contributed by atoms with E-state index in [1.807, 2.05) is 72.8 Å². The maximum Gasteiger partial charge on any atom is 0.263 e. The van der Waals surface area contributed by atoms with E-state index in [1.165, 1.54) is 11.8 Å². The van der Waals surface area contributed by atoms with Gasteiger partial charge in [0.25, 0.3) is 5.56 Å². The molecule has 0 radical (unpaired) electrons. The van der Waals surface area contributed by atoms with Gasteiger partial charge in [0.1, 0.15) is 5.75 Å². The van der Waals surface area contributed by atoms with Gasteiger partial charge >= 0.3 is 0 Å². The number of aromatic amines is 2. The topological polar surface area (TPSA) is 70.8 Å². The average molecular weight is 399 g/mol. The number of methoxy groups -OCH3 is 1. The zero-order valence-electron chi connectivity index (χ0n) is 15.6. The van der Waals surface area contributed by atoms with E-state index in [0.717, 1.165) is 38.8 Å². The van der Waals surface area contributed by atoms with E-state index in [-0.39, 0.29) is 5.56 Å². The van der Waals surface area contributed by atoms with Crippen molar-refractivity contribution in [3.8, 4) is 16.9 Å². The number of pyridine rings is 1. The Balaban J connectivity index is 1.70. The summed E-state index contributed by atoms with van der Waals surface area (Å²) in [6.07, 6.45) is 0. The van der Waals surface area contributed by atoms with Crippen LogP contribution in [0, 0.1) is 0 Å². The average Bonchev–Trinajstić information content (AvgIpc) is 3.16. The summed E-state index contributed by atoms with van der Waals surface area (Å²) in [4.78, 5) is 24.6. The van der Waals surface area contributed by atoms with Gasteiger partial charge in [0.05, 0.1) is 23.0 Å². The Morgan fingerprint density at radius 2 is 1.69 bits per heavy atom. The van der Waals surface area contributed by atoms with Crippen LogP contribution in [-0.4, -0.2) is 22.1 Å². The second kappa shape index (κ2) is 7.14. The first-order chi connectivity index (χ1) is 14.2. The second-order valence-corrected chi connectivity index (χ2v) is 7.60. The molecule has 5 nitrogen and oxygen atoms in total. The lowest BCUT2D eigenvalue weighted by molar-refractivity contribution is 0.415. The van der Waals surface area contributed by atoms with Gasteiger partial charge in [-0.15, -0.1) is 0 Å². The Morgan fingerprint density at radius 3 is 2.52 bits per heavy atom. The normalized spacial score (nSPS) is 11.2. The number of hydrogen-bond acceptors (Lipinski definition) is 4. The third kappa shape index (κ3) is 3.17. The Labute approximate surface area is 170 Å². The summed E-state index contributed by atoms with van der Waals surface area (Å²) in [5.41, 5.74) is 4.28. The maximum absolute atomic E-state index is 13.0. The van der Waals surface area contributed by atoms with E-state index in [2.05, 4.69) is 15.0 Å². The number of nitrogens with zero attached hydrogens (tertiary/aromatic N) is 1. The first-order valence-electron chi connectivity index (χ1n) is 9.15. The van der Waals surface area contributed by atoms with Gasteiger partial charge in [-0.1, -0.05) is 48.5 Å². The highest BCUT2D eigenvalue weighted by Crippen LogP contribution is 2.37. The van der Waals surface area contributed by atoms with Crippen molar-refractivity contribution >= 4 is 33.7 Å². The summed E-state index contributed by atoms with van der Waals surface area (Å²) < 4.78 is 5.28. The van der Waals surface area contributed by atoms with Crippen LogP contribution in [0.4, 0.5) is 0 Å². The van der Waals surface area contributed by atoms with Gasteiger partial charge in [0.2, 0.25) is 0 Å². The van der Waals surface area contributed by atoms with Crippen molar-refractivity contribution in [2.45, 2.75) is 10.1 Å². The van der Waals surface area contributed by atoms with Gasteiger partial charge in [-0.2, -0.15) is 0 Å². The molecule has 0 spiro atoms. The Bertz CT molecular complexity index is 1390. The Kier molecular flexibility index (Phi) is 4.33. The Morgan fingerprint density at radius 1 is 0.897 bits per heavy atom. The number of benzene rings is 3. The molecular formula is C23H17N3O2S. The van der Waals surface area contributed by atoms with Crippen LogP contribution in [0.1, 0.15) is 0 Å². The molecule has 2 N–H and O–H groups in total. The van der Waals surface area contributed by atoms with Crippen LogP contribution in [0.3, 0.4) is 0 Å². The number of para-hydroxylation sites is 1. The highest BCUT2D eigenvalue weighted by molar-refractivity contribution is 7.99. The molecule has 0 saturated heterocycles.